The largest absolute Gasteiger partial charge is 0.480 e. The van der Waals surface area contributed by atoms with Crippen LogP contribution in [0.5, 0.6) is 0 Å². The number of nitriles is 1. The lowest BCUT2D eigenvalue weighted by Crippen LogP contribution is -2.54. The van der Waals surface area contributed by atoms with Crippen LogP contribution >= 0.6 is 23.2 Å². The number of halogens is 2. The van der Waals surface area contributed by atoms with Gasteiger partial charge in [-0.25, -0.2) is 14.6 Å². The average molecular weight is 514 g/mol. The minimum absolute atomic E-state index is 0.107. The van der Waals surface area contributed by atoms with Crippen LogP contribution < -0.4 is 4.90 Å². The monoisotopic (exact) mass is 513 g/mol. The molecule has 2 saturated heterocycles. The van der Waals surface area contributed by atoms with Crippen LogP contribution in [-0.4, -0.2) is 68.4 Å². The van der Waals surface area contributed by atoms with E-state index in [4.69, 9.17) is 33.3 Å². The van der Waals surface area contributed by atoms with Gasteiger partial charge in [-0.3, -0.25) is 9.69 Å². The highest BCUT2D eigenvalue weighted by Crippen LogP contribution is 2.35. The van der Waals surface area contributed by atoms with Crippen molar-refractivity contribution in [2.24, 2.45) is 11.8 Å². The van der Waals surface area contributed by atoms with Crippen LogP contribution in [0.15, 0.2) is 24.4 Å². The van der Waals surface area contributed by atoms with Crippen LogP contribution in [0.1, 0.15) is 37.1 Å². The first kappa shape index (κ1) is 23.8. The highest BCUT2D eigenvalue weighted by molar-refractivity contribution is 6.35. The molecule has 1 aromatic carbocycles. The quantitative estimate of drug-likeness (QED) is 0.528. The Morgan fingerprint density at radius 2 is 2.09 bits per heavy atom. The number of aliphatic carboxylic acids is 1. The summed E-state index contributed by atoms with van der Waals surface area (Å²) >= 11 is 12.5. The van der Waals surface area contributed by atoms with Crippen LogP contribution in [0.25, 0.3) is 11.2 Å². The molecule has 2 aliphatic rings. The van der Waals surface area contributed by atoms with Gasteiger partial charge in [0.05, 0.1) is 18.8 Å². The van der Waals surface area contributed by atoms with E-state index in [0.717, 1.165) is 50.4 Å². The zero-order chi connectivity index (χ0) is 24.7. The van der Waals surface area contributed by atoms with E-state index in [-0.39, 0.29) is 18.3 Å². The first-order chi connectivity index (χ1) is 16.8. The third-order valence-corrected chi connectivity index (χ3v) is 7.64. The number of fused-ring (bicyclic) bond motifs is 1. The van der Waals surface area contributed by atoms with E-state index in [1.54, 1.807) is 23.0 Å². The molecule has 1 N–H and O–H groups in total. The van der Waals surface area contributed by atoms with Gasteiger partial charge >= 0.3 is 5.97 Å². The number of hydrogen-bond donors (Lipinski definition) is 1. The van der Waals surface area contributed by atoms with Crippen LogP contribution in [-0.2, 0) is 4.79 Å². The normalized spacial score (nSPS) is 19.9. The fourth-order valence-corrected chi connectivity index (χ4v) is 5.74. The molecule has 2 aromatic heterocycles. The SMILES string of the molecule is C[C@H](c1ccc(Cl)cc1Cl)n1nc(C#N)c2ncc(N3CC([C@H]4CCCN(CC(=O)O)C4)C3)nc21. The van der Waals surface area contributed by atoms with Crippen LogP contribution in [0.3, 0.4) is 0 Å². The molecular formula is C24H25Cl2N7O2. The van der Waals surface area contributed by atoms with Crippen molar-refractivity contribution in [1.82, 2.24) is 24.6 Å². The topological polar surface area (TPSA) is 111 Å². The molecule has 35 heavy (non-hydrogen) atoms. The summed E-state index contributed by atoms with van der Waals surface area (Å²) in [6.45, 7) is 5.43. The lowest BCUT2D eigenvalue weighted by molar-refractivity contribution is -0.138. The van der Waals surface area contributed by atoms with Gasteiger partial charge in [-0.05, 0) is 55.8 Å². The van der Waals surface area contributed by atoms with E-state index in [9.17, 15) is 10.1 Å². The molecule has 3 aromatic rings. The van der Waals surface area contributed by atoms with Crippen molar-refractivity contribution in [3.8, 4) is 6.07 Å². The van der Waals surface area contributed by atoms with E-state index in [2.05, 4.69) is 21.1 Å². The van der Waals surface area contributed by atoms with Gasteiger partial charge in [0.15, 0.2) is 11.3 Å². The van der Waals surface area contributed by atoms with E-state index >= 15 is 0 Å². The molecule has 0 unspecified atom stereocenters. The smallest absolute Gasteiger partial charge is 0.317 e. The second-order valence-electron chi connectivity index (χ2n) is 9.34. The maximum Gasteiger partial charge on any atom is 0.317 e. The molecule has 0 aliphatic carbocycles. The van der Waals surface area contributed by atoms with Crippen molar-refractivity contribution < 1.29 is 9.90 Å². The van der Waals surface area contributed by atoms with Gasteiger partial charge in [0, 0.05) is 29.7 Å². The van der Waals surface area contributed by atoms with Crippen LogP contribution in [0.2, 0.25) is 10.0 Å². The molecule has 0 amide bonds. The van der Waals surface area contributed by atoms with Crippen molar-refractivity contribution in [3.05, 3.63) is 45.7 Å². The molecule has 182 valence electrons. The summed E-state index contributed by atoms with van der Waals surface area (Å²) in [4.78, 5) is 24.7. The number of anilines is 1. The highest BCUT2D eigenvalue weighted by atomic mass is 35.5. The molecule has 2 fully saturated rings. The number of hydrogen-bond acceptors (Lipinski definition) is 7. The number of carboxylic acids is 1. The van der Waals surface area contributed by atoms with E-state index in [1.807, 2.05) is 17.9 Å². The molecule has 0 radical (unpaired) electrons. The Balaban J connectivity index is 1.36. The Labute approximate surface area is 212 Å². The van der Waals surface area contributed by atoms with E-state index in [1.165, 1.54) is 0 Å². The predicted octanol–water partition coefficient (Wildman–Crippen LogP) is 3.85. The number of benzene rings is 1. The number of carbonyl (C=O) groups is 1. The zero-order valence-corrected chi connectivity index (χ0v) is 20.7. The number of carboxylic acid groups (broad SMARTS) is 1. The van der Waals surface area contributed by atoms with E-state index in [0.29, 0.717) is 33.0 Å². The molecule has 0 spiro atoms. The second-order valence-corrected chi connectivity index (χ2v) is 10.2. The van der Waals surface area contributed by atoms with Gasteiger partial charge in [-0.15, -0.1) is 0 Å². The Morgan fingerprint density at radius 1 is 1.29 bits per heavy atom. The van der Waals surface area contributed by atoms with Crippen molar-refractivity contribution in [3.63, 3.8) is 0 Å². The van der Waals surface area contributed by atoms with Crippen molar-refractivity contribution in [1.29, 1.82) is 5.26 Å². The lowest BCUT2D eigenvalue weighted by atomic mass is 9.80. The summed E-state index contributed by atoms with van der Waals surface area (Å²) in [5.41, 5.74) is 2.04. The summed E-state index contributed by atoms with van der Waals surface area (Å²) < 4.78 is 1.70. The maximum atomic E-state index is 11.1. The molecule has 4 heterocycles. The standard InChI is InChI=1S/C24H25Cl2N7O2/c1-14(18-5-4-17(25)7-19(18)26)33-24-23(20(8-27)30-33)28-9-21(29-24)32-11-16(12-32)15-3-2-6-31(10-15)13-22(34)35/h4-5,7,9,14-16H,2-3,6,10-13H2,1H3,(H,34,35)/t14-,15+/m1/s1. The number of nitrogens with zero attached hydrogens (tertiary/aromatic N) is 7. The molecule has 11 heteroatoms. The first-order valence-corrected chi connectivity index (χ1v) is 12.4. The fourth-order valence-electron chi connectivity index (χ4n) is 5.18. The number of rotatable bonds is 6. The minimum Gasteiger partial charge on any atom is -0.480 e. The number of likely N-dealkylation sites (tertiary alicyclic amines) is 1. The van der Waals surface area contributed by atoms with E-state index < -0.39 is 5.97 Å². The second kappa shape index (κ2) is 9.61. The molecule has 2 aliphatic heterocycles. The molecule has 0 saturated carbocycles. The fraction of sp³-hybridized carbons (Fsp3) is 0.458. The molecule has 5 rings (SSSR count). The molecular weight excluding hydrogens is 489 g/mol. The first-order valence-electron chi connectivity index (χ1n) is 11.6. The highest BCUT2D eigenvalue weighted by Gasteiger charge is 2.37. The summed E-state index contributed by atoms with van der Waals surface area (Å²) in [7, 11) is 0. The predicted molar refractivity (Wildman–Crippen MR) is 133 cm³/mol. The molecule has 2 atom stereocenters. The Morgan fingerprint density at radius 3 is 2.80 bits per heavy atom. The van der Waals surface area contributed by atoms with Gasteiger partial charge in [0.2, 0.25) is 0 Å². The van der Waals surface area contributed by atoms with Crippen molar-refractivity contribution in [2.75, 3.05) is 37.6 Å². The van der Waals surface area contributed by atoms with Crippen LogP contribution in [0.4, 0.5) is 5.82 Å². The average Bonchev–Trinajstić information content (AvgIpc) is 3.16. The number of aromatic nitrogens is 4. The van der Waals surface area contributed by atoms with Crippen molar-refractivity contribution in [2.45, 2.75) is 25.8 Å². The third-order valence-electron chi connectivity index (χ3n) is 7.08. The van der Waals surface area contributed by atoms with Gasteiger partial charge in [0.1, 0.15) is 17.4 Å². The summed E-state index contributed by atoms with van der Waals surface area (Å²) in [5.74, 6) is 0.952. The summed E-state index contributed by atoms with van der Waals surface area (Å²) in [6, 6.07) is 7.15. The van der Waals surface area contributed by atoms with Gasteiger partial charge in [0.25, 0.3) is 0 Å². The Bertz CT molecular complexity index is 1320. The van der Waals surface area contributed by atoms with Crippen LogP contribution in [0, 0.1) is 23.2 Å². The zero-order valence-electron chi connectivity index (χ0n) is 19.2. The molecule has 0 bridgehead atoms. The summed E-state index contributed by atoms with van der Waals surface area (Å²) in [6.07, 6.45) is 3.85. The number of piperidine rings is 1. The Kier molecular flexibility index (Phi) is 6.53. The van der Waals surface area contributed by atoms with Gasteiger partial charge < -0.3 is 10.0 Å². The molecule has 9 nitrogen and oxygen atoms in total. The lowest BCUT2D eigenvalue weighted by Gasteiger charge is -2.46. The minimum atomic E-state index is -0.771. The van der Waals surface area contributed by atoms with Gasteiger partial charge in [-0.1, -0.05) is 29.3 Å². The van der Waals surface area contributed by atoms with Crippen molar-refractivity contribution >= 4 is 46.2 Å². The van der Waals surface area contributed by atoms with Gasteiger partial charge in [-0.2, -0.15) is 10.4 Å². The Hall–Kier alpha value is -2.93. The third kappa shape index (κ3) is 4.66. The summed E-state index contributed by atoms with van der Waals surface area (Å²) in [5, 5.41) is 24.3. The maximum absolute atomic E-state index is 11.1.